The van der Waals surface area contributed by atoms with E-state index in [1.807, 2.05) is 12.1 Å². The molecule has 1 unspecified atom stereocenters. The van der Waals surface area contributed by atoms with E-state index in [9.17, 15) is 0 Å². The van der Waals surface area contributed by atoms with Gasteiger partial charge < -0.3 is 9.73 Å². The highest BCUT2D eigenvalue weighted by Gasteiger charge is 2.24. The van der Waals surface area contributed by atoms with Crippen molar-refractivity contribution in [2.45, 2.75) is 25.3 Å². The zero-order valence-electron chi connectivity index (χ0n) is 12.5. The monoisotopic (exact) mass is 296 g/mol. The number of likely N-dealkylation sites (tertiary alicyclic amines) is 1. The molecule has 0 radical (unpaired) electrons. The molecule has 1 aliphatic heterocycles. The second kappa shape index (κ2) is 7.10. The second-order valence-electron chi connectivity index (χ2n) is 5.52. The van der Waals surface area contributed by atoms with E-state index in [4.69, 9.17) is 9.68 Å². The van der Waals surface area contributed by atoms with Crippen molar-refractivity contribution >= 4 is 5.82 Å². The van der Waals surface area contributed by atoms with Crippen LogP contribution in [0.1, 0.15) is 36.6 Å². The Bertz CT molecular complexity index is 626. The average Bonchev–Trinajstić information content (AvgIpc) is 3.11. The topological polar surface area (TPSA) is 65.1 Å². The molecule has 0 amide bonds. The highest BCUT2D eigenvalue weighted by Crippen LogP contribution is 2.25. The summed E-state index contributed by atoms with van der Waals surface area (Å²) < 4.78 is 5.63. The lowest BCUT2D eigenvalue weighted by Crippen LogP contribution is -2.37. The summed E-state index contributed by atoms with van der Waals surface area (Å²) in [6.07, 6.45) is 7.17. The van der Waals surface area contributed by atoms with Crippen LogP contribution in [0.15, 0.2) is 41.1 Å². The highest BCUT2D eigenvalue weighted by atomic mass is 16.3. The van der Waals surface area contributed by atoms with Gasteiger partial charge in [-0.05, 0) is 50.2 Å². The maximum absolute atomic E-state index is 9.16. The lowest BCUT2D eigenvalue weighted by Gasteiger charge is -2.33. The number of furan rings is 1. The van der Waals surface area contributed by atoms with Gasteiger partial charge in [0.1, 0.15) is 17.6 Å². The van der Waals surface area contributed by atoms with Crippen molar-refractivity contribution < 1.29 is 4.42 Å². The van der Waals surface area contributed by atoms with Crippen LogP contribution in [0.3, 0.4) is 0 Å². The van der Waals surface area contributed by atoms with Crippen LogP contribution in [0.25, 0.3) is 0 Å². The van der Waals surface area contributed by atoms with Crippen LogP contribution in [0.4, 0.5) is 5.82 Å². The normalized spacial score (nSPS) is 16.9. The molecule has 3 heterocycles. The predicted molar refractivity (Wildman–Crippen MR) is 84.3 cm³/mol. The van der Waals surface area contributed by atoms with Gasteiger partial charge in [-0.2, -0.15) is 5.26 Å². The summed E-state index contributed by atoms with van der Waals surface area (Å²) in [6, 6.07) is 9.84. The van der Waals surface area contributed by atoms with Gasteiger partial charge in [-0.3, -0.25) is 4.90 Å². The lowest BCUT2D eigenvalue weighted by molar-refractivity contribution is 0.153. The first-order valence-electron chi connectivity index (χ1n) is 7.75. The van der Waals surface area contributed by atoms with Gasteiger partial charge in [-0.15, -0.1) is 0 Å². The van der Waals surface area contributed by atoms with Gasteiger partial charge in [0.05, 0.1) is 17.9 Å². The first kappa shape index (κ1) is 14.6. The molecule has 0 saturated carbocycles. The van der Waals surface area contributed by atoms with Crippen LogP contribution in [-0.2, 0) is 0 Å². The number of piperidine rings is 1. The van der Waals surface area contributed by atoms with E-state index in [0.717, 1.165) is 18.8 Å². The number of hydrogen-bond donors (Lipinski definition) is 1. The first-order chi connectivity index (χ1) is 10.9. The van der Waals surface area contributed by atoms with Gasteiger partial charge in [-0.25, -0.2) is 4.98 Å². The van der Waals surface area contributed by atoms with Gasteiger partial charge in [0.2, 0.25) is 0 Å². The maximum atomic E-state index is 9.16. The summed E-state index contributed by atoms with van der Waals surface area (Å²) in [5.41, 5.74) is 0.569. The Hall–Kier alpha value is -2.32. The summed E-state index contributed by atoms with van der Waals surface area (Å²) in [7, 11) is 0. The predicted octanol–water partition coefficient (Wildman–Crippen LogP) is 3.19. The highest BCUT2D eigenvalue weighted by molar-refractivity contribution is 5.51. The smallest absolute Gasteiger partial charge is 0.143 e. The Morgan fingerprint density at radius 3 is 2.86 bits per heavy atom. The number of hydrogen-bond acceptors (Lipinski definition) is 5. The summed E-state index contributed by atoms with van der Waals surface area (Å²) in [6.45, 7) is 2.85. The molecule has 1 fully saturated rings. The van der Waals surface area contributed by atoms with E-state index < -0.39 is 0 Å². The minimum Gasteiger partial charge on any atom is -0.468 e. The Labute approximate surface area is 130 Å². The van der Waals surface area contributed by atoms with Crippen molar-refractivity contribution in [3.05, 3.63) is 48.0 Å². The fraction of sp³-hybridized carbons (Fsp3) is 0.412. The SMILES string of the molecule is N#Cc1cccnc1NCC(c1ccco1)N1CCCCC1. The van der Waals surface area contributed by atoms with Gasteiger partial charge >= 0.3 is 0 Å². The summed E-state index contributed by atoms with van der Waals surface area (Å²) in [4.78, 5) is 6.71. The van der Waals surface area contributed by atoms with Crippen LogP contribution in [0.5, 0.6) is 0 Å². The Kier molecular flexibility index (Phi) is 4.71. The fourth-order valence-electron chi connectivity index (χ4n) is 2.95. The van der Waals surface area contributed by atoms with Gasteiger partial charge in [0, 0.05) is 12.7 Å². The minimum absolute atomic E-state index is 0.170. The molecular formula is C17H20N4O. The zero-order chi connectivity index (χ0) is 15.2. The molecular weight excluding hydrogens is 276 g/mol. The van der Waals surface area contributed by atoms with Crippen LogP contribution in [0.2, 0.25) is 0 Å². The molecule has 0 bridgehead atoms. The molecule has 0 aliphatic carbocycles. The van der Waals surface area contributed by atoms with Crippen LogP contribution in [0, 0.1) is 11.3 Å². The number of rotatable bonds is 5. The van der Waals surface area contributed by atoms with Crippen molar-refractivity contribution in [2.75, 3.05) is 25.0 Å². The summed E-state index contributed by atoms with van der Waals surface area (Å²) in [5.74, 6) is 1.60. The number of nitrogens with zero attached hydrogens (tertiary/aromatic N) is 3. The van der Waals surface area contributed by atoms with E-state index >= 15 is 0 Å². The molecule has 5 heteroatoms. The molecule has 114 valence electrons. The summed E-state index contributed by atoms with van der Waals surface area (Å²) in [5, 5.41) is 12.5. The van der Waals surface area contributed by atoms with E-state index in [1.165, 1.54) is 19.3 Å². The molecule has 2 aromatic heterocycles. The van der Waals surface area contributed by atoms with Crippen molar-refractivity contribution in [2.24, 2.45) is 0 Å². The molecule has 22 heavy (non-hydrogen) atoms. The standard InChI is InChI=1S/C17H20N4O/c18-12-14-6-4-8-19-17(14)20-13-15(16-7-5-11-22-16)21-9-2-1-3-10-21/h4-8,11,15H,1-3,9-10,13H2,(H,19,20). The molecule has 5 nitrogen and oxygen atoms in total. The largest absolute Gasteiger partial charge is 0.468 e. The third-order valence-corrected chi connectivity index (χ3v) is 4.09. The van der Waals surface area contributed by atoms with E-state index in [2.05, 4.69) is 21.3 Å². The Balaban J connectivity index is 1.74. The number of pyridine rings is 1. The zero-order valence-corrected chi connectivity index (χ0v) is 12.5. The van der Waals surface area contributed by atoms with Gasteiger partial charge in [0.15, 0.2) is 0 Å². The average molecular weight is 296 g/mol. The number of nitrogens with one attached hydrogen (secondary N) is 1. The van der Waals surface area contributed by atoms with Crippen LogP contribution < -0.4 is 5.32 Å². The maximum Gasteiger partial charge on any atom is 0.143 e. The second-order valence-corrected chi connectivity index (χ2v) is 5.52. The van der Waals surface area contributed by atoms with E-state index in [-0.39, 0.29) is 6.04 Å². The molecule has 1 saturated heterocycles. The van der Waals surface area contributed by atoms with Gasteiger partial charge in [0.25, 0.3) is 0 Å². The Morgan fingerprint density at radius 2 is 2.14 bits per heavy atom. The van der Waals surface area contributed by atoms with E-state index in [0.29, 0.717) is 17.9 Å². The third kappa shape index (κ3) is 3.29. The van der Waals surface area contributed by atoms with E-state index in [1.54, 1.807) is 24.6 Å². The third-order valence-electron chi connectivity index (χ3n) is 4.09. The number of nitriles is 1. The minimum atomic E-state index is 0.170. The number of anilines is 1. The van der Waals surface area contributed by atoms with Crippen LogP contribution >= 0.6 is 0 Å². The molecule has 3 rings (SSSR count). The number of aromatic nitrogens is 1. The molecule has 0 spiro atoms. The molecule has 2 aromatic rings. The quantitative estimate of drug-likeness (QED) is 0.918. The van der Waals surface area contributed by atoms with Gasteiger partial charge in [-0.1, -0.05) is 6.42 Å². The summed E-state index contributed by atoms with van der Waals surface area (Å²) >= 11 is 0. The van der Waals surface area contributed by atoms with Crippen LogP contribution in [-0.4, -0.2) is 29.5 Å². The molecule has 1 aliphatic rings. The molecule has 0 aromatic carbocycles. The van der Waals surface area contributed by atoms with Crippen molar-refractivity contribution in [1.29, 1.82) is 5.26 Å². The molecule has 1 atom stereocenters. The van der Waals surface area contributed by atoms with Crippen molar-refractivity contribution in [3.63, 3.8) is 0 Å². The van der Waals surface area contributed by atoms with Crippen molar-refractivity contribution in [3.8, 4) is 6.07 Å². The lowest BCUT2D eigenvalue weighted by atomic mass is 10.1. The molecule has 1 N–H and O–H groups in total. The Morgan fingerprint density at radius 1 is 1.27 bits per heavy atom. The fourth-order valence-corrected chi connectivity index (χ4v) is 2.95. The first-order valence-corrected chi connectivity index (χ1v) is 7.75. The van der Waals surface area contributed by atoms with Crippen molar-refractivity contribution in [1.82, 2.24) is 9.88 Å².